The third kappa shape index (κ3) is 2.48. The van der Waals surface area contributed by atoms with Crippen LogP contribution >= 0.6 is 0 Å². The van der Waals surface area contributed by atoms with E-state index in [4.69, 9.17) is 0 Å². The first-order chi connectivity index (χ1) is 6.50. The average Bonchev–Trinajstić information content (AvgIpc) is 2.10. The molecule has 76 valence electrons. The molecular weight excluding hydrogens is 197 g/mol. The van der Waals surface area contributed by atoms with Gasteiger partial charge in [-0.05, 0) is 17.7 Å². The zero-order chi connectivity index (χ0) is 10.7. The fourth-order valence-corrected chi connectivity index (χ4v) is 0.876. The molecule has 0 aliphatic rings. The second-order valence-corrected chi connectivity index (χ2v) is 2.65. The minimum absolute atomic E-state index is 0.0663. The van der Waals surface area contributed by atoms with Crippen LogP contribution in [0.15, 0.2) is 12.1 Å². The van der Waals surface area contributed by atoms with Crippen LogP contribution in [-0.4, -0.2) is 5.97 Å². The Labute approximate surface area is 78.3 Å². The molecule has 0 aliphatic heterocycles. The molecule has 0 fully saturated rings. The highest BCUT2D eigenvalue weighted by Gasteiger charge is 2.10. The fraction of sp³-hybridized carbons (Fsp3) is 0.222. The van der Waals surface area contributed by atoms with Gasteiger partial charge in [-0.25, -0.2) is 13.2 Å². The molecule has 0 saturated carbocycles. The van der Waals surface area contributed by atoms with E-state index in [0.717, 1.165) is 19.1 Å². The lowest BCUT2D eigenvalue weighted by Gasteiger charge is -2.03. The Morgan fingerprint density at radius 2 is 1.79 bits per heavy atom. The van der Waals surface area contributed by atoms with E-state index in [1.54, 1.807) is 0 Å². The highest BCUT2D eigenvalue weighted by atomic mass is 19.2. The van der Waals surface area contributed by atoms with Crippen molar-refractivity contribution in [1.82, 2.24) is 0 Å². The number of hydrogen-bond donors (Lipinski definition) is 0. The van der Waals surface area contributed by atoms with Crippen molar-refractivity contribution < 1.29 is 22.7 Å². The highest BCUT2D eigenvalue weighted by Crippen LogP contribution is 2.14. The van der Waals surface area contributed by atoms with Gasteiger partial charge in [-0.3, -0.25) is 4.79 Å². The number of carbonyl (C=O) groups is 1. The summed E-state index contributed by atoms with van der Waals surface area (Å²) in [4.78, 5) is 10.4. The number of rotatable bonds is 2. The highest BCUT2D eigenvalue weighted by molar-refractivity contribution is 5.65. The van der Waals surface area contributed by atoms with Gasteiger partial charge in [0.05, 0.1) is 0 Å². The molecule has 0 bridgehead atoms. The van der Waals surface area contributed by atoms with Crippen molar-refractivity contribution in [1.29, 1.82) is 0 Å². The molecule has 0 unspecified atom stereocenters. The second-order valence-electron chi connectivity index (χ2n) is 2.65. The minimum atomic E-state index is -1.53. The molecule has 0 N–H and O–H groups in total. The molecule has 2 nitrogen and oxygen atoms in total. The second kappa shape index (κ2) is 4.13. The Morgan fingerprint density at radius 3 is 2.21 bits per heavy atom. The first kappa shape index (κ1) is 10.6. The molecule has 14 heavy (non-hydrogen) atoms. The van der Waals surface area contributed by atoms with Gasteiger partial charge in [0.2, 0.25) is 0 Å². The average molecular weight is 204 g/mol. The van der Waals surface area contributed by atoms with Crippen molar-refractivity contribution in [3.63, 3.8) is 0 Å². The van der Waals surface area contributed by atoms with E-state index in [0.29, 0.717) is 0 Å². The molecular formula is C9H7F3O2. The van der Waals surface area contributed by atoms with Crippen molar-refractivity contribution in [2.45, 2.75) is 13.5 Å². The molecule has 0 radical (unpaired) electrons. The number of ether oxygens (including phenoxy) is 1. The third-order valence-electron chi connectivity index (χ3n) is 1.49. The number of halogens is 3. The van der Waals surface area contributed by atoms with Gasteiger partial charge >= 0.3 is 5.97 Å². The van der Waals surface area contributed by atoms with Crippen LogP contribution in [0.1, 0.15) is 12.5 Å². The van der Waals surface area contributed by atoms with Gasteiger partial charge < -0.3 is 4.74 Å². The lowest BCUT2D eigenvalue weighted by atomic mass is 10.2. The summed E-state index contributed by atoms with van der Waals surface area (Å²) >= 11 is 0. The van der Waals surface area contributed by atoms with Crippen LogP contribution in [0.25, 0.3) is 0 Å². The third-order valence-corrected chi connectivity index (χ3v) is 1.49. The lowest BCUT2D eigenvalue weighted by Crippen LogP contribution is -2.01. The SMILES string of the molecule is CC(=O)OCc1cc(F)c(F)c(F)c1. The fourth-order valence-electron chi connectivity index (χ4n) is 0.876. The van der Waals surface area contributed by atoms with E-state index >= 15 is 0 Å². The topological polar surface area (TPSA) is 26.3 Å². The van der Waals surface area contributed by atoms with Crippen LogP contribution in [-0.2, 0) is 16.1 Å². The van der Waals surface area contributed by atoms with E-state index < -0.39 is 23.4 Å². The summed E-state index contributed by atoms with van der Waals surface area (Å²) in [7, 11) is 0. The number of benzene rings is 1. The van der Waals surface area contributed by atoms with Crippen molar-refractivity contribution >= 4 is 5.97 Å². The number of esters is 1. The molecule has 0 aliphatic carbocycles. The van der Waals surface area contributed by atoms with Gasteiger partial charge in [-0.1, -0.05) is 0 Å². The van der Waals surface area contributed by atoms with Crippen molar-refractivity contribution in [2.75, 3.05) is 0 Å². The zero-order valence-corrected chi connectivity index (χ0v) is 7.31. The van der Waals surface area contributed by atoms with Gasteiger partial charge in [0, 0.05) is 6.92 Å². The summed E-state index contributed by atoms with van der Waals surface area (Å²) in [6.07, 6.45) is 0. The van der Waals surface area contributed by atoms with Crippen molar-refractivity contribution in [3.8, 4) is 0 Å². The Bertz CT molecular complexity index is 340. The first-order valence-corrected chi connectivity index (χ1v) is 3.77. The summed E-state index contributed by atoms with van der Waals surface area (Å²) in [5.74, 6) is -4.70. The smallest absolute Gasteiger partial charge is 0.302 e. The quantitative estimate of drug-likeness (QED) is 0.545. The Kier molecular flexibility index (Phi) is 3.11. The summed E-state index contributed by atoms with van der Waals surface area (Å²) in [5, 5.41) is 0. The van der Waals surface area contributed by atoms with Crippen LogP contribution in [0, 0.1) is 17.5 Å². The van der Waals surface area contributed by atoms with E-state index in [-0.39, 0.29) is 12.2 Å². The summed E-state index contributed by atoms with van der Waals surface area (Å²) in [6, 6.07) is 1.56. The zero-order valence-electron chi connectivity index (χ0n) is 7.31. The Hall–Kier alpha value is -1.52. The van der Waals surface area contributed by atoms with Crippen molar-refractivity contribution in [3.05, 3.63) is 35.1 Å². The maximum Gasteiger partial charge on any atom is 0.302 e. The van der Waals surface area contributed by atoms with Crippen LogP contribution in [0.5, 0.6) is 0 Å². The molecule has 1 rings (SSSR count). The van der Waals surface area contributed by atoms with E-state index in [1.165, 1.54) is 0 Å². The van der Waals surface area contributed by atoms with Crippen LogP contribution < -0.4 is 0 Å². The summed E-state index contributed by atoms with van der Waals surface area (Å²) < 4.78 is 42.2. The normalized spacial score (nSPS) is 10.0. The Morgan fingerprint density at radius 1 is 1.29 bits per heavy atom. The van der Waals surface area contributed by atoms with E-state index in [9.17, 15) is 18.0 Å². The summed E-state index contributed by atoms with van der Waals surface area (Å²) in [6.45, 7) is 0.889. The molecule has 0 heterocycles. The summed E-state index contributed by atoms with van der Waals surface area (Å²) in [5.41, 5.74) is 0.0663. The first-order valence-electron chi connectivity index (χ1n) is 3.77. The van der Waals surface area contributed by atoms with Gasteiger partial charge in [-0.2, -0.15) is 0 Å². The van der Waals surface area contributed by atoms with Crippen molar-refractivity contribution in [2.24, 2.45) is 0 Å². The van der Waals surface area contributed by atoms with Gasteiger partial charge in [-0.15, -0.1) is 0 Å². The monoisotopic (exact) mass is 204 g/mol. The molecule has 5 heteroatoms. The Balaban J connectivity index is 2.84. The maximum atomic E-state index is 12.6. The molecule has 0 aromatic heterocycles. The molecule has 1 aromatic rings. The molecule has 0 saturated heterocycles. The maximum absolute atomic E-state index is 12.6. The van der Waals surface area contributed by atoms with E-state index in [2.05, 4.69) is 4.74 Å². The predicted molar refractivity (Wildman–Crippen MR) is 41.8 cm³/mol. The number of hydrogen-bond acceptors (Lipinski definition) is 2. The largest absolute Gasteiger partial charge is 0.461 e. The van der Waals surface area contributed by atoms with Crippen LogP contribution in [0.4, 0.5) is 13.2 Å². The predicted octanol–water partition coefficient (Wildman–Crippen LogP) is 2.17. The molecule has 0 amide bonds. The molecule has 0 spiro atoms. The van der Waals surface area contributed by atoms with Gasteiger partial charge in [0.15, 0.2) is 17.5 Å². The molecule has 1 aromatic carbocycles. The lowest BCUT2D eigenvalue weighted by molar-refractivity contribution is -0.142. The number of carbonyl (C=O) groups excluding carboxylic acids is 1. The molecule has 0 atom stereocenters. The van der Waals surface area contributed by atoms with Crippen LogP contribution in [0.2, 0.25) is 0 Å². The minimum Gasteiger partial charge on any atom is -0.461 e. The van der Waals surface area contributed by atoms with E-state index in [1.807, 2.05) is 0 Å². The van der Waals surface area contributed by atoms with Gasteiger partial charge in [0.25, 0.3) is 0 Å². The standard InChI is InChI=1S/C9H7F3O2/c1-5(13)14-4-6-2-7(10)9(12)8(11)3-6/h2-3H,4H2,1H3. The van der Waals surface area contributed by atoms with Gasteiger partial charge in [0.1, 0.15) is 6.61 Å². The van der Waals surface area contributed by atoms with Crippen LogP contribution in [0.3, 0.4) is 0 Å².